The molecule has 7 rings (SSSR count). The summed E-state index contributed by atoms with van der Waals surface area (Å²) in [6, 6.07) is 18.1. The Hall–Kier alpha value is -2.86. The van der Waals surface area contributed by atoms with Crippen molar-refractivity contribution in [3.8, 4) is 0 Å². The number of rotatable bonds is 10. The summed E-state index contributed by atoms with van der Waals surface area (Å²) >= 11 is 0. The average molecular weight is 653 g/mol. The molecule has 0 heteroatoms. The molecule has 3 fully saturated rings. The highest BCUT2D eigenvalue weighted by atomic mass is 14.4. The molecule has 0 nitrogen and oxygen atoms in total. The van der Waals surface area contributed by atoms with Crippen LogP contribution in [0.15, 0.2) is 103 Å². The zero-order valence-electron chi connectivity index (χ0n) is 31.1. The third-order valence-corrected chi connectivity index (χ3v) is 14.7. The Labute approximate surface area is 300 Å². The second-order valence-corrected chi connectivity index (χ2v) is 17.7. The first-order valence-electron chi connectivity index (χ1n) is 20.3. The molecule has 0 bridgehead atoms. The zero-order valence-corrected chi connectivity index (χ0v) is 31.1. The van der Waals surface area contributed by atoms with Gasteiger partial charge in [-0.3, -0.25) is 0 Å². The van der Waals surface area contributed by atoms with E-state index in [1.807, 2.05) is 0 Å². The van der Waals surface area contributed by atoms with E-state index >= 15 is 0 Å². The first-order chi connectivity index (χ1) is 23.7. The van der Waals surface area contributed by atoms with Crippen molar-refractivity contribution in [1.82, 2.24) is 0 Å². The molecule has 3 saturated carbocycles. The van der Waals surface area contributed by atoms with Gasteiger partial charge in [-0.1, -0.05) is 136 Å². The van der Waals surface area contributed by atoms with Crippen LogP contribution in [0.5, 0.6) is 0 Å². The van der Waals surface area contributed by atoms with E-state index in [0.29, 0.717) is 17.8 Å². The summed E-state index contributed by atoms with van der Waals surface area (Å²) in [5, 5.41) is 0. The quantitative estimate of drug-likeness (QED) is 0.224. The highest BCUT2D eigenvalue weighted by Crippen LogP contribution is 2.52. The standard InChI is InChI=1S/C49H64/c1-33-28-43-16-10-11-17-44(43)29-48(33)42-26-20-38(21-27-42)34(2)31-49(6,32-35(3)47-30-45-18-12-13-19-46(45)36(47)4)37(5)39-22-24-41(25-23-39)40-14-8-7-9-15-40/h10-13,16-19,38-42,48H,1-3,5,7-9,14-15,20-32H2,4,6H3/t38?,39?,41?,42?,48?,49-/m1/s1. The molecule has 2 atom stereocenters. The van der Waals surface area contributed by atoms with Gasteiger partial charge < -0.3 is 0 Å². The van der Waals surface area contributed by atoms with Gasteiger partial charge in [-0.05, 0) is 165 Å². The SMILES string of the molecule is C=C(C[C@@](C)(CC(=C)C1CCC(C2Cc3ccccc3CC2=C)CC1)C(=C)C1CCC(C2CCCCC2)CC1)C1=C(C)c2ccccc2C1. The van der Waals surface area contributed by atoms with Crippen molar-refractivity contribution in [3.05, 3.63) is 125 Å². The van der Waals surface area contributed by atoms with Gasteiger partial charge in [-0.2, -0.15) is 0 Å². The van der Waals surface area contributed by atoms with E-state index in [2.05, 4.69) is 69.0 Å². The fourth-order valence-corrected chi connectivity index (χ4v) is 11.6. The van der Waals surface area contributed by atoms with Gasteiger partial charge in [0.2, 0.25) is 0 Å². The second-order valence-electron chi connectivity index (χ2n) is 17.7. The second kappa shape index (κ2) is 14.8. The Bertz CT molecular complexity index is 1590. The van der Waals surface area contributed by atoms with E-state index in [1.165, 1.54) is 140 Å². The van der Waals surface area contributed by atoms with Crippen molar-refractivity contribution in [2.24, 2.45) is 40.9 Å². The molecule has 0 spiro atoms. The zero-order chi connectivity index (χ0) is 34.1. The average Bonchev–Trinajstić information content (AvgIpc) is 3.47. The molecule has 49 heavy (non-hydrogen) atoms. The molecule has 5 aliphatic rings. The number of benzene rings is 2. The molecule has 0 N–H and O–H groups in total. The minimum atomic E-state index is -0.00320. The van der Waals surface area contributed by atoms with Crippen molar-refractivity contribution < 1.29 is 0 Å². The smallest absolute Gasteiger partial charge is 0.00144 e. The maximum Gasteiger partial charge on any atom is -0.00144 e. The monoisotopic (exact) mass is 653 g/mol. The van der Waals surface area contributed by atoms with Crippen molar-refractivity contribution >= 4 is 5.57 Å². The van der Waals surface area contributed by atoms with E-state index in [0.717, 1.165) is 43.4 Å². The van der Waals surface area contributed by atoms with Crippen LogP contribution in [-0.2, 0) is 19.3 Å². The molecule has 2 aromatic rings. The molecule has 1 unspecified atom stereocenters. The van der Waals surface area contributed by atoms with Crippen LogP contribution in [0, 0.1) is 40.9 Å². The number of hydrogen-bond acceptors (Lipinski definition) is 0. The summed E-state index contributed by atoms with van der Waals surface area (Å²) in [6.45, 7) is 24.2. The lowest BCUT2D eigenvalue weighted by molar-refractivity contribution is 0.166. The summed E-state index contributed by atoms with van der Waals surface area (Å²) in [6.07, 6.45) is 23.4. The van der Waals surface area contributed by atoms with Crippen LogP contribution in [0.2, 0.25) is 0 Å². The molecule has 2 aromatic carbocycles. The van der Waals surface area contributed by atoms with Crippen LogP contribution in [-0.4, -0.2) is 0 Å². The Morgan fingerprint density at radius 3 is 1.94 bits per heavy atom. The third kappa shape index (κ3) is 7.32. The first-order valence-corrected chi connectivity index (χ1v) is 20.3. The van der Waals surface area contributed by atoms with Crippen LogP contribution in [0.3, 0.4) is 0 Å². The molecule has 0 amide bonds. The Balaban J connectivity index is 1.03. The van der Waals surface area contributed by atoms with E-state index in [-0.39, 0.29) is 5.41 Å². The molecule has 0 saturated heterocycles. The molecule has 0 radical (unpaired) electrons. The topological polar surface area (TPSA) is 0 Å². The molecular formula is C49H64. The van der Waals surface area contributed by atoms with Gasteiger partial charge >= 0.3 is 0 Å². The van der Waals surface area contributed by atoms with Gasteiger partial charge in [0, 0.05) is 0 Å². The lowest BCUT2D eigenvalue weighted by atomic mass is 9.61. The first kappa shape index (κ1) is 34.6. The van der Waals surface area contributed by atoms with Crippen molar-refractivity contribution in [3.63, 3.8) is 0 Å². The maximum absolute atomic E-state index is 5.02. The minimum absolute atomic E-state index is 0.00320. The van der Waals surface area contributed by atoms with Gasteiger partial charge in [0.25, 0.3) is 0 Å². The van der Waals surface area contributed by atoms with Gasteiger partial charge in [0.15, 0.2) is 0 Å². The molecule has 0 aromatic heterocycles. The van der Waals surface area contributed by atoms with E-state index in [4.69, 9.17) is 19.7 Å². The molecule has 260 valence electrons. The summed E-state index contributed by atoms with van der Waals surface area (Å²) in [7, 11) is 0. The predicted molar refractivity (Wildman–Crippen MR) is 211 cm³/mol. The lowest BCUT2D eigenvalue weighted by Gasteiger charge is -2.43. The Morgan fingerprint density at radius 1 is 0.653 bits per heavy atom. The van der Waals surface area contributed by atoms with Crippen LogP contribution >= 0.6 is 0 Å². The maximum atomic E-state index is 5.02. The largest absolute Gasteiger partial charge is 0.0995 e. The lowest BCUT2D eigenvalue weighted by Crippen LogP contribution is -2.32. The summed E-state index contributed by atoms with van der Waals surface area (Å²) < 4.78 is 0. The van der Waals surface area contributed by atoms with Crippen molar-refractivity contribution in [2.45, 2.75) is 129 Å². The minimum Gasteiger partial charge on any atom is -0.0995 e. The predicted octanol–water partition coefficient (Wildman–Crippen LogP) is 13.6. The van der Waals surface area contributed by atoms with Gasteiger partial charge in [0.1, 0.15) is 0 Å². The van der Waals surface area contributed by atoms with Gasteiger partial charge in [-0.25, -0.2) is 0 Å². The number of fused-ring (bicyclic) bond motifs is 2. The molecule has 0 aliphatic heterocycles. The van der Waals surface area contributed by atoms with Crippen molar-refractivity contribution in [2.75, 3.05) is 0 Å². The number of hydrogen-bond donors (Lipinski definition) is 0. The summed E-state index contributed by atoms with van der Waals surface area (Å²) in [5.41, 5.74) is 14.7. The normalized spacial score (nSPS) is 28.8. The fraction of sp³-hybridized carbons (Fsp3) is 0.551. The molecule has 0 heterocycles. The van der Waals surface area contributed by atoms with E-state index < -0.39 is 0 Å². The third-order valence-electron chi connectivity index (χ3n) is 14.7. The Kier molecular flexibility index (Phi) is 10.4. The van der Waals surface area contributed by atoms with Crippen LogP contribution < -0.4 is 0 Å². The van der Waals surface area contributed by atoms with Crippen LogP contribution in [0.1, 0.15) is 132 Å². The fourth-order valence-electron chi connectivity index (χ4n) is 11.6. The molecular weight excluding hydrogens is 589 g/mol. The van der Waals surface area contributed by atoms with Crippen molar-refractivity contribution in [1.29, 1.82) is 0 Å². The number of allylic oxidation sites excluding steroid dienone is 6. The van der Waals surface area contributed by atoms with Crippen LogP contribution in [0.25, 0.3) is 5.57 Å². The van der Waals surface area contributed by atoms with E-state index in [9.17, 15) is 0 Å². The Morgan fingerprint density at radius 2 is 1.24 bits per heavy atom. The summed E-state index contributed by atoms with van der Waals surface area (Å²) in [4.78, 5) is 0. The van der Waals surface area contributed by atoms with Crippen LogP contribution in [0.4, 0.5) is 0 Å². The molecule has 5 aliphatic carbocycles. The van der Waals surface area contributed by atoms with Gasteiger partial charge in [-0.15, -0.1) is 0 Å². The highest BCUT2D eigenvalue weighted by Gasteiger charge is 2.39. The highest BCUT2D eigenvalue weighted by molar-refractivity contribution is 5.78. The van der Waals surface area contributed by atoms with E-state index in [1.54, 1.807) is 5.56 Å². The van der Waals surface area contributed by atoms with Gasteiger partial charge in [0.05, 0.1) is 0 Å². The summed E-state index contributed by atoms with van der Waals surface area (Å²) in [5.74, 6) is 4.62.